The van der Waals surface area contributed by atoms with E-state index in [0.29, 0.717) is 5.92 Å². The van der Waals surface area contributed by atoms with Crippen LogP contribution in [0.25, 0.3) is 0 Å². The quantitative estimate of drug-likeness (QED) is 0.715. The third kappa shape index (κ3) is 3.50. The highest BCUT2D eigenvalue weighted by Gasteiger charge is 2.04. The molecule has 0 bridgehead atoms. The predicted octanol–water partition coefficient (Wildman–Crippen LogP) is 2.28. The average Bonchev–Trinajstić information content (AvgIpc) is 2.13. The van der Waals surface area contributed by atoms with Crippen molar-refractivity contribution in [1.82, 2.24) is 5.32 Å². The first kappa shape index (κ1) is 11.4. The molecule has 0 saturated carbocycles. The zero-order chi connectivity index (χ0) is 11.4. The van der Waals surface area contributed by atoms with Gasteiger partial charge in [0.2, 0.25) is 0 Å². The molecule has 1 amide bonds. The number of rotatable bonds is 3. The Hall–Kier alpha value is -1.71. The minimum absolute atomic E-state index is 0.170. The van der Waals surface area contributed by atoms with E-state index in [0.717, 1.165) is 11.1 Å². The van der Waals surface area contributed by atoms with Gasteiger partial charge in [-0.1, -0.05) is 19.9 Å². The summed E-state index contributed by atoms with van der Waals surface area (Å²) in [6.07, 6.45) is -1.07. The van der Waals surface area contributed by atoms with Gasteiger partial charge in [0.05, 0.1) is 0 Å². The number of carboxylic acid groups (broad SMARTS) is 1. The van der Waals surface area contributed by atoms with E-state index in [1.54, 1.807) is 12.1 Å². The van der Waals surface area contributed by atoms with Gasteiger partial charge in [0.25, 0.3) is 0 Å². The molecule has 0 radical (unpaired) electrons. The van der Waals surface area contributed by atoms with Crippen molar-refractivity contribution in [2.75, 3.05) is 0 Å². The first-order chi connectivity index (χ1) is 6.99. The Morgan fingerprint density at radius 1 is 1.40 bits per heavy atom. The SMILES string of the molecule is CC(C)c1cc(O)cc(CNC(=O)O)c1. The third-order valence-electron chi connectivity index (χ3n) is 2.11. The normalized spacial score (nSPS) is 10.3. The molecule has 0 aliphatic carbocycles. The molecule has 4 heteroatoms. The number of phenolic OH excluding ortho intramolecular Hbond substituents is 1. The second kappa shape index (κ2) is 4.68. The zero-order valence-corrected chi connectivity index (χ0v) is 8.82. The first-order valence-corrected chi connectivity index (χ1v) is 4.78. The van der Waals surface area contributed by atoms with Gasteiger partial charge in [-0.05, 0) is 29.2 Å². The first-order valence-electron chi connectivity index (χ1n) is 4.78. The number of phenols is 1. The van der Waals surface area contributed by atoms with Crippen LogP contribution in [-0.4, -0.2) is 16.3 Å². The lowest BCUT2D eigenvalue weighted by Gasteiger charge is -2.09. The highest BCUT2D eigenvalue weighted by molar-refractivity contribution is 5.64. The molecule has 4 nitrogen and oxygen atoms in total. The molecule has 0 aromatic heterocycles. The molecule has 1 aromatic rings. The summed E-state index contributed by atoms with van der Waals surface area (Å²) in [7, 11) is 0. The van der Waals surface area contributed by atoms with Crippen LogP contribution in [-0.2, 0) is 6.54 Å². The number of hydrogen-bond donors (Lipinski definition) is 3. The molecule has 0 unspecified atom stereocenters. The molecule has 0 heterocycles. The Morgan fingerprint density at radius 2 is 2.07 bits per heavy atom. The van der Waals surface area contributed by atoms with Crippen LogP contribution in [0.2, 0.25) is 0 Å². The van der Waals surface area contributed by atoms with Crippen molar-refractivity contribution in [2.45, 2.75) is 26.3 Å². The minimum atomic E-state index is -1.07. The number of hydrogen-bond acceptors (Lipinski definition) is 2. The Labute approximate surface area is 88.6 Å². The van der Waals surface area contributed by atoms with Gasteiger partial charge in [-0.3, -0.25) is 0 Å². The van der Waals surface area contributed by atoms with Crippen molar-refractivity contribution in [3.63, 3.8) is 0 Å². The monoisotopic (exact) mass is 209 g/mol. The molecule has 0 spiro atoms. The molecule has 3 N–H and O–H groups in total. The summed E-state index contributed by atoms with van der Waals surface area (Å²) in [6.45, 7) is 4.25. The number of carbonyl (C=O) groups is 1. The average molecular weight is 209 g/mol. The van der Waals surface area contributed by atoms with Crippen molar-refractivity contribution in [3.05, 3.63) is 29.3 Å². The van der Waals surface area contributed by atoms with Crippen LogP contribution in [0.15, 0.2) is 18.2 Å². The Balaban J connectivity index is 2.84. The smallest absolute Gasteiger partial charge is 0.404 e. The third-order valence-corrected chi connectivity index (χ3v) is 2.11. The molecule has 1 rings (SSSR count). The summed E-state index contributed by atoms with van der Waals surface area (Å²) in [4.78, 5) is 10.3. The fraction of sp³-hybridized carbons (Fsp3) is 0.364. The lowest BCUT2D eigenvalue weighted by molar-refractivity contribution is 0.194. The van der Waals surface area contributed by atoms with Crippen molar-refractivity contribution >= 4 is 6.09 Å². The number of nitrogens with one attached hydrogen (secondary N) is 1. The van der Waals surface area contributed by atoms with Crippen molar-refractivity contribution in [3.8, 4) is 5.75 Å². The molecule has 0 aliphatic heterocycles. The molecule has 0 fully saturated rings. The number of aromatic hydroxyl groups is 1. The maximum Gasteiger partial charge on any atom is 0.404 e. The Kier molecular flexibility index (Phi) is 3.55. The van der Waals surface area contributed by atoms with Gasteiger partial charge in [-0.25, -0.2) is 4.79 Å². The summed E-state index contributed by atoms with van der Waals surface area (Å²) in [5.74, 6) is 0.476. The largest absolute Gasteiger partial charge is 0.508 e. The standard InChI is InChI=1S/C11H15NO3/c1-7(2)9-3-8(4-10(13)5-9)6-12-11(14)15/h3-5,7,12-13H,6H2,1-2H3,(H,14,15). The van der Waals surface area contributed by atoms with Crippen LogP contribution in [0.5, 0.6) is 5.75 Å². The van der Waals surface area contributed by atoms with E-state index in [9.17, 15) is 9.90 Å². The second-order valence-electron chi connectivity index (χ2n) is 3.75. The zero-order valence-electron chi connectivity index (χ0n) is 8.82. The van der Waals surface area contributed by atoms with Crippen molar-refractivity contribution < 1.29 is 15.0 Å². The summed E-state index contributed by atoms with van der Waals surface area (Å²) in [5.41, 5.74) is 1.76. The van der Waals surface area contributed by atoms with Crippen LogP contribution in [0.1, 0.15) is 30.9 Å². The van der Waals surface area contributed by atoms with Gasteiger partial charge in [0.15, 0.2) is 0 Å². The van der Waals surface area contributed by atoms with Crippen molar-refractivity contribution in [1.29, 1.82) is 0 Å². The van der Waals surface area contributed by atoms with Gasteiger partial charge in [-0.15, -0.1) is 0 Å². The van der Waals surface area contributed by atoms with Crippen LogP contribution < -0.4 is 5.32 Å². The van der Waals surface area contributed by atoms with Gasteiger partial charge in [-0.2, -0.15) is 0 Å². The van der Waals surface area contributed by atoms with E-state index in [1.165, 1.54) is 0 Å². The molecule has 15 heavy (non-hydrogen) atoms. The van der Waals surface area contributed by atoms with E-state index in [2.05, 4.69) is 5.32 Å². The highest BCUT2D eigenvalue weighted by Crippen LogP contribution is 2.21. The summed E-state index contributed by atoms with van der Waals surface area (Å²) < 4.78 is 0. The van der Waals surface area contributed by atoms with E-state index in [4.69, 9.17) is 5.11 Å². The maximum absolute atomic E-state index is 10.3. The van der Waals surface area contributed by atoms with Crippen LogP contribution in [0, 0.1) is 0 Å². The van der Waals surface area contributed by atoms with Gasteiger partial charge in [0, 0.05) is 6.54 Å². The fourth-order valence-corrected chi connectivity index (χ4v) is 1.31. The molecule has 0 atom stereocenters. The minimum Gasteiger partial charge on any atom is -0.508 e. The second-order valence-corrected chi connectivity index (χ2v) is 3.75. The van der Waals surface area contributed by atoms with E-state index in [-0.39, 0.29) is 12.3 Å². The number of amides is 1. The molecule has 0 saturated heterocycles. The molecule has 0 aliphatic rings. The van der Waals surface area contributed by atoms with E-state index >= 15 is 0 Å². The Bertz CT molecular complexity index is 361. The molecular weight excluding hydrogens is 194 g/mol. The van der Waals surface area contributed by atoms with Gasteiger partial charge in [0.1, 0.15) is 5.75 Å². The fourth-order valence-electron chi connectivity index (χ4n) is 1.31. The van der Waals surface area contributed by atoms with Crippen molar-refractivity contribution in [2.24, 2.45) is 0 Å². The lowest BCUT2D eigenvalue weighted by atomic mass is 10.0. The van der Waals surface area contributed by atoms with E-state index in [1.807, 2.05) is 19.9 Å². The van der Waals surface area contributed by atoms with Gasteiger partial charge >= 0.3 is 6.09 Å². The van der Waals surface area contributed by atoms with Crippen LogP contribution in [0.4, 0.5) is 4.79 Å². The van der Waals surface area contributed by atoms with Crippen LogP contribution >= 0.6 is 0 Å². The summed E-state index contributed by atoms with van der Waals surface area (Å²) in [6, 6.07) is 5.14. The van der Waals surface area contributed by atoms with Crippen LogP contribution in [0.3, 0.4) is 0 Å². The number of benzene rings is 1. The molecule has 1 aromatic carbocycles. The Morgan fingerprint density at radius 3 is 2.60 bits per heavy atom. The lowest BCUT2D eigenvalue weighted by Crippen LogP contribution is -2.19. The van der Waals surface area contributed by atoms with E-state index < -0.39 is 6.09 Å². The molecular formula is C11H15NO3. The predicted molar refractivity (Wildman–Crippen MR) is 57.1 cm³/mol. The summed E-state index contributed by atoms with van der Waals surface area (Å²) in [5, 5.41) is 20.1. The van der Waals surface area contributed by atoms with Gasteiger partial charge < -0.3 is 15.5 Å². The highest BCUT2D eigenvalue weighted by atomic mass is 16.4. The topological polar surface area (TPSA) is 69.6 Å². The maximum atomic E-state index is 10.3. The molecule has 82 valence electrons. The summed E-state index contributed by atoms with van der Waals surface area (Å²) >= 11 is 0.